The highest BCUT2D eigenvalue weighted by molar-refractivity contribution is 5.85. The van der Waals surface area contributed by atoms with Crippen molar-refractivity contribution in [1.29, 1.82) is 0 Å². The van der Waals surface area contributed by atoms with E-state index in [-0.39, 0.29) is 23.2 Å². The van der Waals surface area contributed by atoms with Crippen molar-refractivity contribution in [1.82, 2.24) is 33.9 Å². The molecule has 2 aliphatic rings. The van der Waals surface area contributed by atoms with E-state index >= 15 is 0 Å². The van der Waals surface area contributed by atoms with Crippen molar-refractivity contribution in [3.63, 3.8) is 0 Å². The van der Waals surface area contributed by atoms with Crippen molar-refractivity contribution in [3.8, 4) is 22.9 Å². The van der Waals surface area contributed by atoms with Crippen LogP contribution in [0.5, 0.6) is 11.8 Å². The maximum absolute atomic E-state index is 11.5. The van der Waals surface area contributed by atoms with Crippen LogP contribution < -0.4 is 10.1 Å². The summed E-state index contributed by atoms with van der Waals surface area (Å²) in [5, 5.41) is 18.7. The molecule has 0 radical (unpaired) electrons. The summed E-state index contributed by atoms with van der Waals surface area (Å²) < 4.78 is 8.86. The van der Waals surface area contributed by atoms with Crippen LogP contribution in [0.2, 0.25) is 0 Å². The molecule has 11 nitrogen and oxygen atoms in total. The molecule has 34 heavy (non-hydrogen) atoms. The van der Waals surface area contributed by atoms with Crippen LogP contribution in [-0.2, 0) is 4.79 Å². The van der Waals surface area contributed by atoms with Crippen LogP contribution in [0, 0.1) is 5.41 Å². The molecule has 0 aromatic carbocycles. The number of hydrogen-bond donors (Lipinski definition) is 2. The van der Waals surface area contributed by atoms with Crippen LogP contribution >= 0.6 is 0 Å². The van der Waals surface area contributed by atoms with Gasteiger partial charge in [0.05, 0.1) is 7.11 Å². The molecule has 4 aromatic rings. The number of amides is 1. The molecule has 0 atom stereocenters. The highest BCUT2D eigenvalue weighted by Crippen LogP contribution is 2.44. The summed E-state index contributed by atoms with van der Waals surface area (Å²) in [4.78, 5) is 26.6. The number of anilines is 1. The van der Waals surface area contributed by atoms with Crippen molar-refractivity contribution >= 4 is 23.1 Å². The van der Waals surface area contributed by atoms with Gasteiger partial charge in [-0.05, 0) is 25.7 Å². The van der Waals surface area contributed by atoms with E-state index in [1.54, 1.807) is 32.5 Å². The first-order valence-electron chi connectivity index (χ1n) is 11.4. The second-order valence-corrected chi connectivity index (χ2v) is 9.39. The van der Waals surface area contributed by atoms with Crippen molar-refractivity contribution in [3.05, 3.63) is 30.9 Å². The summed E-state index contributed by atoms with van der Waals surface area (Å²) in [6.07, 6.45) is 11.2. The third-order valence-corrected chi connectivity index (χ3v) is 7.19. The monoisotopic (exact) mass is 462 g/mol. The standard InChI is InChI=1S/C23H26N8O3/c1-14(32)30-12-23(13-30)5-3-16(4-6-23)26-21-27-20(34-2)19-17(9-18(33)31(19)28-21)15-10-25-22-24-7-8-29(22)11-15/h7-11,16,33H,3-6,12-13H2,1-2H3,(H,26,28). The third kappa shape index (κ3) is 3.30. The summed E-state index contributed by atoms with van der Waals surface area (Å²) in [6, 6.07) is 1.86. The molecule has 5 heterocycles. The lowest BCUT2D eigenvalue weighted by Gasteiger charge is -2.53. The van der Waals surface area contributed by atoms with E-state index in [0.29, 0.717) is 28.7 Å². The predicted octanol–water partition coefficient (Wildman–Crippen LogP) is 2.36. The van der Waals surface area contributed by atoms with Gasteiger partial charge in [0.1, 0.15) is 5.52 Å². The lowest BCUT2D eigenvalue weighted by atomic mass is 9.67. The molecule has 1 aliphatic heterocycles. The number of fused-ring (bicyclic) bond motifs is 2. The minimum Gasteiger partial charge on any atom is -0.493 e. The van der Waals surface area contributed by atoms with E-state index < -0.39 is 0 Å². The van der Waals surface area contributed by atoms with Gasteiger partial charge in [0, 0.05) is 73.5 Å². The number of ether oxygens (including phenoxy) is 1. The molecule has 176 valence electrons. The molecular weight excluding hydrogens is 436 g/mol. The van der Waals surface area contributed by atoms with Gasteiger partial charge < -0.3 is 20.1 Å². The molecule has 6 rings (SSSR count). The molecule has 4 aromatic heterocycles. The van der Waals surface area contributed by atoms with Gasteiger partial charge in [-0.2, -0.15) is 9.50 Å². The summed E-state index contributed by atoms with van der Waals surface area (Å²) in [5.41, 5.74) is 2.32. The van der Waals surface area contributed by atoms with Gasteiger partial charge >= 0.3 is 0 Å². The molecule has 11 heteroatoms. The zero-order valence-electron chi connectivity index (χ0n) is 19.1. The average Bonchev–Trinajstić information content (AvgIpc) is 3.41. The van der Waals surface area contributed by atoms with Gasteiger partial charge in [0.15, 0.2) is 0 Å². The maximum atomic E-state index is 11.5. The predicted molar refractivity (Wildman–Crippen MR) is 124 cm³/mol. The first-order valence-corrected chi connectivity index (χ1v) is 11.4. The Morgan fingerprint density at radius 2 is 2.06 bits per heavy atom. The van der Waals surface area contributed by atoms with Crippen molar-refractivity contribution < 1.29 is 14.6 Å². The first-order chi connectivity index (χ1) is 16.4. The molecule has 1 spiro atoms. The number of carbonyl (C=O) groups is 1. The third-order valence-electron chi connectivity index (χ3n) is 7.19. The Labute approximate surface area is 195 Å². The van der Waals surface area contributed by atoms with Crippen molar-refractivity contribution in [2.75, 3.05) is 25.5 Å². The van der Waals surface area contributed by atoms with Crippen LogP contribution in [0.1, 0.15) is 32.6 Å². The Morgan fingerprint density at radius 1 is 1.26 bits per heavy atom. The first kappa shape index (κ1) is 20.7. The van der Waals surface area contributed by atoms with Gasteiger partial charge in [-0.3, -0.25) is 9.20 Å². The summed E-state index contributed by atoms with van der Waals surface area (Å²) >= 11 is 0. The molecule has 1 amide bonds. The zero-order valence-corrected chi connectivity index (χ0v) is 19.1. The van der Waals surface area contributed by atoms with Crippen LogP contribution in [0.15, 0.2) is 30.9 Å². The second kappa shape index (κ2) is 7.57. The number of hydrogen-bond acceptors (Lipinski definition) is 8. The number of aromatic hydroxyl groups is 1. The second-order valence-electron chi connectivity index (χ2n) is 9.39. The van der Waals surface area contributed by atoms with Gasteiger partial charge in [0.25, 0.3) is 0 Å². The largest absolute Gasteiger partial charge is 0.493 e. The van der Waals surface area contributed by atoms with Crippen LogP contribution in [0.25, 0.3) is 22.4 Å². The maximum Gasteiger partial charge on any atom is 0.244 e. The quantitative estimate of drug-likeness (QED) is 0.474. The molecule has 2 N–H and O–H groups in total. The van der Waals surface area contributed by atoms with E-state index in [1.165, 1.54) is 4.52 Å². The van der Waals surface area contributed by atoms with Crippen LogP contribution in [-0.4, -0.2) is 71.1 Å². The molecule has 1 aliphatic carbocycles. The van der Waals surface area contributed by atoms with Crippen LogP contribution in [0.3, 0.4) is 0 Å². The van der Waals surface area contributed by atoms with Gasteiger partial charge in [-0.15, -0.1) is 5.10 Å². The molecule has 1 saturated carbocycles. The number of nitrogens with zero attached hydrogens (tertiary/aromatic N) is 7. The Kier molecular flexibility index (Phi) is 4.61. The summed E-state index contributed by atoms with van der Waals surface area (Å²) in [7, 11) is 1.55. The topological polar surface area (TPSA) is 122 Å². The Morgan fingerprint density at radius 3 is 2.79 bits per heavy atom. The summed E-state index contributed by atoms with van der Waals surface area (Å²) in [6.45, 7) is 3.37. The fourth-order valence-electron chi connectivity index (χ4n) is 5.30. The lowest BCUT2D eigenvalue weighted by Crippen LogP contribution is -2.59. The van der Waals surface area contributed by atoms with Crippen molar-refractivity contribution in [2.24, 2.45) is 5.41 Å². The number of likely N-dealkylation sites (tertiary alicyclic amines) is 1. The van der Waals surface area contributed by atoms with E-state index in [4.69, 9.17) is 4.74 Å². The molecule has 2 fully saturated rings. The van der Waals surface area contributed by atoms with Crippen molar-refractivity contribution in [2.45, 2.75) is 38.6 Å². The highest BCUT2D eigenvalue weighted by atomic mass is 16.5. The fourth-order valence-corrected chi connectivity index (χ4v) is 5.30. The number of carbonyl (C=O) groups excluding carboxylic acids is 1. The Hall–Kier alpha value is -3.89. The van der Waals surface area contributed by atoms with E-state index in [0.717, 1.165) is 44.3 Å². The van der Waals surface area contributed by atoms with E-state index in [1.807, 2.05) is 21.7 Å². The number of aromatic nitrogens is 6. The minimum absolute atomic E-state index is 0.0131. The normalized spacial score (nSPS) is 17.9. The number of rotatable bonds is 4. The Balaban J connectivity index is 1.26. The van der Waals surface area contributed by atoms with Gasteiger partial charge in [0.2, 0.25) is 29.4 Å². The molecule has 1 saturated heterocycles. The fraction of sp³-hybridized carbons (Fsp3) is 0.435. The number of imidazole rings is 1. The van der Waals surface area contributed by atoms with E-state index in [2.05, 4.69) is 25.4 Å². The summed E-state index contributed by atoms with van der Waals surface area (Å²) in [5.74, 6) is 1.51. The lowest BCUT2D eigenvalue weighted by molar-refractivity contribution is -0.143. The minimum atomic E-state index is -0.0131. The number of nitrogens with one attached hydrogen (secondary N) is 1. The molecular formula is C23H26N8O3. The van der Waals surface area contributed by atoms with Crippen LogP contribution in [0.4, 0.5) is 5.95 Å². The van der Waals surface area contributed by atoms with Gasteiger partial charge in [-0.1, -0.05) is 0 Å². The highest BCUT2D eigenvalue weighted by Gasteiger charge is 2.46. The number of methoxy groups -OCH3 is 1. The average molecular weight is 463 g/mol. The van der Waals surface area contributed by atoms with Gasteiger partial charge in [-0.25, -0.2) is 9.97 Å². The zero-order chi connectivity index (χ0) is 23.4. The smallest absolute Gasteiger partial charge is 0.244 e. The SMILES string of the molecule is COc1nc(NC2CCC3(CC2)CN(C(C)=O)C3)nn2c(O)cc(-c3cnc4nccn4c3)c12. The Bertz CT molecular complexity index is 1390. The molecule has 0 unspecified atom stereocenters. The van der Waals surface area contributed by atoms with E-state index in [9.17, 15) is 9.90 Å². The molecule has 0 bridgehead atoms.